The van der Waals surface area contributed by atoms with E-state index in [0.29, 0.717) is 21.8 Å². The maximum Gasteiger partial charge on any atom is 0.262 e. The molecule has 2 aromatic carbocycles. The number of aromatic nitrogens is 2. The number of aryl methyl sites for hydroxylation is 2. The zero-order valence-electron chi connectivity index (χ0n) is 18.3. The number of likely N-dealkylation sites (N-methyl/N-ethyl adjacent to an activating group) is 1. The van der Waals surface area contributed by atoms with Gasteiger partial charge in [0.05, 0.1) is 10.6 Å². The summed E-state index contributed by atoms with van der Waals surface area (Å²) >= 11 is 6.10. The van der Waals surface area contributed by atoms with Crippen molar-refractivity contribution in [1.82, 2.24) is 15.1 Å². The van der Waals surface area contributed by atoms with Crippen LogP contribution in [0, 0.1) is 13.8 Å². The molecule has 7 nitrogen and oxygen atoms in total. The normalized spacial score (nSPS) is 15.1. The molecule has 1 aliphatic rings. The van der Waals surface area contributed by atoms with Gasteiger partial charge in [0, 0.05) is 42.5 Å². The number of anilines is 2. The zero-order valence-corrected chi connectivity index (χ0v) is 19.9. The summed E-state index contributed by atoms with van der Waals surface area (Å²) in [5.41, 5.74) is 3.39. The van der Waals surface area contributed by atoms with Crippen LogP contribution in [-0.4, -0.2) is 56.7 Å². The summed E-state index contributed by atoms with van der Waals surface area (Å²) in [4.78, 5) is 4.74. The Morgan fingerprint density at radius 2 is 1.59 bits per heavy atom. The van der Waals surface area contributed by atoms with Crippen molar-refractivity contribution in [2.45, 2.75) is 18.7 Å². The van der Waals surface area contributed by atoms with Gasteiger partial charge >= 0.3 is 0 Å². The number of halogens is 1. The molecule has 2 heterocycles. The van der Waals surface area contributed by atoms with Crippen LogP contribution in [0.25, 0.3) is 11.3 Å². The third-order valence-corrected chi connectivity index (χ3v) is 7.59. The van der Waals surface area contributed by atoms with Crippen LogP contribution in [0.15, 0.2) is 53.4 Å². The summed E-state index contributed by atoms with van der Waals surface area (Å²) < 4.78 is 28.4. The molecule has 1 fully saturated rings. The summed E-state index contributed by atoms with van der Waals surface area (Å²) in [7, 11) is -1.61. The number of piperazine rings is 1. The number of nitrogens with one attached hydrogen (secondary N) is 1. The fourth-order valence-corrected chi connectivity index (χ4v) is 5.24. The molecular formula is C23H26ClN5O2S. The first-order valence-corrected chi connectivity index (χ1v) is 12.3. The molecule has 0 amide bonds. The number of hydrogen-bond acceptors (Lipinski definition) is 6. The summed E-state index contributed by atoms with van der Waals surface area (Å²) in [6, 6.07) is 14.3. The van der Waals surface area contributed by atoms with E-state index in [9.17, 15) is 8.42 Å². The highest BCUT2D eigenvalue weighted by atomic mass is 35.5. The predicted octanol–water partition coefficient (Wildman–Crippen LogP) is 3.97. The van der Waals surface area contributed by atoms with E-state index in [1.807, 2.05) is 24.3 Å². The molecule has 0 bridgehead atoms. The largest absolute Gasteiger partial charge is 0.353 e. The van der Waals surface area contributed by atoms with Crippen LogP contribution in [-0.2, 0) is 10.0 Å². The molecule has 0 saturated carbocycles. The average Bonchev–Trinajstić information content (AvgIpc) is 2.77. The summed E-state index contributed by atoms with van der Waals surface area (Å²) in [6.07, 6.45) is 0. The quantitative estimate of drug-likeness (QED) is 0.606. The van der Waals surface area contributed by atoms with Gasteiger partial charge in [0.15, 0.2) is 5.82 Å². The van der Waals surface area contributed by atoms with E-state index in [1.165, 1.54) is 0 Å². The van der Waals surface area contributed by atoms with Gasteiger partial charge in [-0.1, -0.05) is 23.7 Å². The first-order valence-electron chi connectivity index (χ1n) is 10.4. The first-order chi connectivity index (χ1) is 15.2. The summed E-state index contributed by atoms with van der Waals surface area (Å²) in [6.45, 7) is 7.41. The SMILES string of the molecule is Cc1cc(S(=O)(=O)Nc2ccc(-c3ccc(N4CCN(C)CC4)nn3)cc2)c(C)cc1Cl. The van der Waals surface area contributed by atoms with E-state index in [2.05, 4.69) is 31.8 Å². The van der Waals surface area contributed by atoms with Crippen LogP contribution in [0.1, 0.15) is 11.1 Å². The Morgan fingerprint density at radius 3 is 2.22 bits per heavy atom. The lowest BCUT2D eigenvalue weighted by atomic mass is 10.1. The Balaban J connectivity index is 1.48. The van der Waals surface area contributed by atoms with E-state index < -0.39 is 10.0 Å². The molecule has 0 radical (unpaired) electrons. The molecule has 1 saturated heterocycles. The first kappa shape index (κ1) is 22.5. The predicted molar refractivity (Wildman–Crippen MR) is 129 cm³/mol. The number of nitrogens with zero attached hydrogens (tertiary/aromatic N) is 4. The van der Waals surface area contributed by atoms with E-state index in [0.717, 1.165) is 43.3 Å². The molecule has 168 valence electrons. The fourth-order valence-electron chi connectivity index (χ4n) is 3.65. The second-order valence-electron chi connectivity index (χ2n) is 8.12. The van der Waals surface area contributed by atoms with Gasteiger partial charge in [-0.25, -0.2) is 8.42 Å². The van der Waals surface area contributed by atoms with Crippen LogP contribution < -0.4 is 9.62 Å². The Hall–Kier alpha value is -2.68. The van der Waals surface area contributed by atoms with Crippen LogP contribution in [0.2, 0.25) is 5.02 Å². The fraction of sp³-hybridized carbons (Fsp3) is 0.304. The van der Waals surface area contributed by atoms with Crippen LogP contribution >= 0.6 is 11.6 Å². The molecule has 32 heavy (non-hydrogen) atoms. The van der Waals surface area contributed by atoms with Crippen LogP contribution in [0.4, 0.5) is 11.5 Å². The molecule has 0 aliphatic carbocycles. The maximum absolute atomic E-state index is 12.9. The number of benzene rings is 2. The van der Waals surface area contributed by atoms with Gasteiger partial charge in [-0.05, 0) is 68.4 Å². The lowest BCUT2D eigenvalue weighted by Crippen LogP contribution is -2.44. The van der Waals surface area contributed by atoms with Crippen molar-refractivity contribution in [2.75, 3.05) is 42.8 Å². The van der Waals surface area contributed by atoms with Crippen LogP contribution in [0.3, 0.4) is 0 Å². The molecule has 1 N–H and O–H groups in total. The van der Waals surface area contributed by atoms with Gasteiger partial charge in [0.1, 0.15) is 0 Å². The lowest BCUT2D eigenvalue weighted by molar-refractivity contribution is 0.312. The average molecular weight is 472 g/mol. The van der Waals surface area contributed by atoms with Gasteiger partial charge in [0.2, 0.25) is 0 Å². The molecule has 0 spiro atoms. The molecule has 0 unspecified atom stereocenters. The van der Waals surface area contributed by atoms with Crippen molar-refractivity contribution < 1.29 is 8.42 Å². The van der Waals surface area contributed by atoms with Gasteiger partial charge in [-0.3, -0.25) is 4.72 Å². The van der Waals surface area contributed by atoms with Crippen LogP contribution in [0.5, 0.6) is 0 Å². The minimum absolute atomic E-state index is 0.217. The minimum Gasteiger partial charge on any atom is -0.353 e. The van der Waals surface area contributed by atoms with Crippen molar-refractivity contribution in [2.24, 2.45) is 0 Å². The Labute approximate surface area is 194 Å². The summed E-state index contributed by atoms with van der Waals surface area (Å²) in [5.74, 6) is 0.875. The highest BCUT2D eigenvalue weighted by molar-refractivity contribution is 7.92. The van der Waals surface area contributed by atoms with Gasteiger partial charge in [0.25, 0.3) is 10.0 Å². The highest BCUT2D eigenvalue weighted by Gasteiger charge is 2.19. The molecule has 1 aromatic heterocycles. The Bertz CT molecular complexity index is 1210. The van der Waals surface area contributed by atoms with E-state index in [-0.39, 0.29) is 4.90 Å². The van der Waals surface area contributed by atoms with Crippen molar-refractivity contribution in [3.63, 3.8) is 0 Å². The van der Waals surface area contributed by atoms with E-state index in [1.54, 1.807) is 38.1 Å². The smallest absolute Gasteiger partial charge is 0.262 e. The molecule has 4 rings (SSSR count). The Morgan fingerprint density at radius 1 is 0.906 bits per heavy atom. The molecule has 9 heteroatoms. The Kier molecular flexibility index (Phi) is 6.37. The zero-order chi connectivity index (χ0) is 22.9. The standard InChI is InChI=1S/C23H26ClN5O2S/c1-16-15-22(17(2)14-20(16)24)32(30,31)27-19-6-4-18(5-7-19)21-8-9-23(26-25-21)29-12-10-28(3)11-13-29/h4-9,14-15,27H,10-13H2,1-3H3. The lowest BCUT2D eigenvalue weighted by Gasteiger charge is -2.32. The molecular weight excluding hydrogens is 446 g/mol. The number of rotatable bonds is 5. The van der Waals surface area contributed by atoms with Gasteiger partial charge in [-0.2, -0.15) is 0 Å². The summed E-state index contributed by atoms with van der Waals surface area (Å²) in [5, 5.41) is 9.30. The second-order valence-corrected chi connectivity index (χ2v) is 10.2. The molecule has 1 aliphatic heterocycles. The van der Waals surface area contributed by atoms with E-state index in [4.69, 9.17) is 11.6 Å². The third kappa shape index (κ3) is 4.87. The minimum atomic E-state index is -3.73. The second kappa shape index (κ2) is 9.05. The number of hydrogen-bond donors (Lipinski definition) is 1. The number of sulfonamides is 1. The highest BCUT2D eigenvalue weighted by Crippen LogP contribution is 2.27. The van der Waals surface area contributed by atoms with Gasteiger partial charge in [-0.15, -0.1) is 10.2 Å². The topological polar surface area (TPSA) is 78.4 Å². The van der Waals surface area contributed by atoms with Gasteiger partial charge < -0.3 is 9.80 Å². The maximum atomic E-state index is 12.9. The third-order valence-electron chi connectivity index (χ3n) is 5.66. The molecule has 3 aromatic rings. The van der Waals surface area contributed by atoms with Crippen molar-refractivity contribution >= 4 is 33.1 Å². The molecule has 0 atom stereocenters. The van der Waals surface area contributed by atoms with Crippen molar-refractivity contribution in [3.05, 3.63) is 64.7 Å². The van der Waals surface area contributed by atoms with Crippen molar-refractivity contribution in [1.29, 1.82) is 0 Å². The monoisotopic (exact) mass is 471 g/mol. The van der Waals surface area contributed by atoms with Crippen molar-refractivity contribution in [3.8, 4) is 11.3 Å². The van der Waals surface area contributed by atoms with E-state index >= 15 is 0 Å².